The summed E-state index contributed by atoms with van der Waals surface area (Å²) in [6.07, 6.45) is 3.23. The molecule has 0 amide bonds. The molecule has 0 bridgehead atoms. The Morgan fingerprint density at radius 2 is 2.42 bits per heavy atom. The summed E-state index contributed by atoms with van der Waals surface area (Å²) in [6.45, 7) is 2.01. The quantitative estimate of drug-likeness (QED) is 0.738. The van der Waals surface area contributed by atoms with Gasteiger partial charge >= 0.3 is 0 Å². The van der Waals surface area contributed by atoms with Gasteiger partial charge in [-0.1, -0.05) is 12.1 Å². The summed E-state index contributed by atoms with van der Waals surface area (Å²) in [5, 5.41) is 3.88. The minimum Gasteiger partial charge on any atom is -0.338 e. The van der Waals surface area contributed by atoms with Crippen molar-refractivity contribution in [2.24, 2.45) is 5.73 Å². The van der Waals surface area contributed by atoms with E-state index in [1.54, 1.807) is 0 Å². The first kappa shape index (κ1) is 7.73. The van der Waals surface area contributed by atoms with E-state index in [1.165, 1.54) is 12.8 Å². The summed E-state index contributed by atoms with van der Waals surface area (Å²) in [7, 11) is 0. The van der Waals surface area contributed by atoms with E-state index in [1.807, 2.05) is 6.92 Å². The fraction of sp³-hybridized carbons (Fsp3) is 0.750. The fourth-order valence-electron chi connectivity index (χ4n) is 1.08. The lowest BCUT2D eigenvalue weighted by molar-refractivity contribution is 0.348. The Balaban J connectivity index is 2.12. The van der Waals surface area contributed by atoms with E-state index in [2.05, 4.69) is 10.1 Å². The minimum atomic E-state index is -0.0926. The summed E-state index contributed by atoms with van der Waals surface area (Å²) in [5.41, 5.74) is 5.73. The summed E-state index contributed by atoms with van der Waals surface area (Å²) in [5.74, 6) is 1.97. The van der Waals surface area contributed by atoms with Crippen LogP contribution < -0.4 is 5.73 Å². The third-order valence-electron chi connectivity index (χ3n) is 2.16. The van der Waals surface area contributed by atoms with Gasteiger partial charge in [0, 0.05) is 5.92 Å². The second kappa shape index (κ2) is 2.86. The van der Waals surface area contributed by atoms with Crippen molar-refractivity contribution in [1.29, 1.82) is 0 Å². The van der Waals surface area contributed by atoms with Crippen molar-refractivity contribution in [2.75, 3.05) is 0 Å². The first-order chi connectivity index (χ1) is 5.81. The molecule has 1 atom stereocenters. The van der Waals surface area contributed by atoms with Crippen LogP contribution in [0.4, 0.5) is 0 Å². The Hall–Kier alpha value is -0.900. The molecule has 2 rings (SSSR count). The van der Waals surface area contributed by atoms with Crippen LogP contribution in [-0.4, -0.2) is 10.1 Å². The molecule has 12 heavy (non-hydrogen) atoms. The van der Waals surface area contributed by atoms with Crippen molar-refractivity contribution in [3.63, 3.8) is 0 Å². The van der Waals surface area contributed by atoms with Crippen molar-refractivity contribution in [1.82, 2.24) is 10.1 Å². The number of nitrogens with two attached hydrogens (primary N) is 1. The van der Waals surface area contributed by atoms with E-state index < -0.39 is 0 Å². The van der Waals surface area contributed by atoms with E-state index >= 15 is 0 Å². The lowest BCUT2D eigenvalue weighted by atomic mass is 10.2. The average molecular weight is 167 g/mol. The van der Waals surface area contributed by atoms with Crippen LogP contribution in [0.5, 0.6) is 0 Å². The molecule has 4 nitrogen and oxygen atoms in total. The van der Waals surface area contributed by atoms with Crippen LogP contribution in [0.2, 0.25) is 0 Å². The van der Waals surface area contributed by atoms with E-state index in [9.17, 15) is 0 Å². The van der Waals surface area contributed by atoms with E-state index in [0.29, 0.717) is 11.8 Å². The topological polar surface area (TPSA) is 64.9 Å². The van der Waals surface area contributed by atoms with Gasteiger partial charge in [0.15, 0.2) is 5.82 Å². The summed E-state index contributed by atoms with van der Waals surface area (Å²) in [4.78, 5) is 4.24. The van der Waals surface area contributed by atoms with Gasteiger partial charge in [-0.2, -0.15) is 4.98 Å². The molecule has 1 fully saturated rings. The van der Waals surface area contributed by atoms with Gasteiger partial charge < -0.3 is 10.3 Å². The first-order valence-corrected chi connectivity index (χ1v) is 4.40. The monoisotopic (exact) mass is 167 g/mol. The maximum Gasteiger partial charge on any atom is 0.243 e. The highest BCUT2D eigenvalue weighted by atomic mass is 16.5. The van der Waals surface area contributed by atoms with Crippen molar-refractivity contribution < 1.29 is 4.52 Å². The number of nitrogens with zero attached hydrogens (tertiary/aromatic N) is 2. The number of rotatable bonds is 3. The number of hydrogen-bond donors (Lipinski definition) is 1. The molecule has 1 aliphatic carbocycles. The van der Waals surface area contributed by atoms with Crippen LogP contribution in [0, 0.1) is 0 Å². The Labute approximate surface area is 71.1 Å². The summed E-state index contributed by atoms with van der Waals surface area (Å²) >= 11 is 0. The molecule has 1 saturated carbocycles. The Morgan fingerprint density at radius 1 is 1.67 bits per heavy atom. The molecule has 0 aromatic carbocycles. The molecule has 1 aromatic rings. The zero-order chi connectivity index (χ0) is 8.55. The maximum absolute atomic E-state index is 5.73. The number of hydrogen-bond acceptors (Lipinski definition) is 4. The average Bonchev–Trinajstić information content (AvgIpc) is 2.83. The van der Waals surface area contributed by atoms with Gasteiger partial charge in [0.2, 0.25) is 5.89 Å². The zero-order valence-corrected chi connectivity index (χ0v) is 7.16. The fourth-order valence-corrected chi connectivity index (χ4v) is 1.08. The van der Waals surface area contributed by atoms with Crippen molar-refractivity contribution in [3.8, 4) is 0 Å². The molecule has 1 aromatic heterocycles. The highest BCUT2D eigenvalue weighted by molar-refractivity contribution is 5.04. The maximum atomic E-state index is 5.73. The van der Waals surface area contributed by atoms with E-state index in [4.69, 9.17) is 10.3 Å². The van der Waals surface area contributed by atoms with Crippen molar-refractivity contribution in [2.45, 2.75) is 38.1 Å². The Bertz CT molecular complexity index is 267. The minimum absolute atomic E-state index is 0.0926. The van der Waals surface area contributed by atoms with Crippen LogP contribution in [0.15, 0.2) is 4.52 Å². The molecule has 0 radical (unpaired) electrons. The van der Waals surface area contributed by atoms with Gasteiger partial charge in [-0.05, 0) is 19.3 Å². The molecule has 1 aliphatic rings. The third kappa shape index (κ3) is 1.34. The molecule has 66 valence electrons. The van der Waals surface area contributed by atoms with Crippen LogP contribution >= 0.6 is 0 Å². The van der Waals surface area contributed by atoms with E-state index in [-0.39, 0.29) is 6.04 Å². The van der Waals surface area contributed by atoms with E-state index in [0.717, 1.165) is 12.2 Å². The van der Waals surface area contributed by atoms with Gasteiger partial charge in [-0.15, -0.1) is 0 Å². The molecule has 0 aliphatic heterocycles. The highest BCUT2D eigenvalue weighted by Gasteiger charge is 2.29. The molecule has 1 heterocycles. The van der Waals surface area contributed by atoms with Crippen molar-refractivity contribution >= 4 is 0 Å². The van der Waals surface area contributed by atoms with Gasteiger partial charge in [-0.3, -0.25) is 0 Å². The molecular weight excluding hydrogens is 154 g/mol. The van der Waals surface area contributed by atoms with Crippen LogP contribution in [0.25, 0.3) is 0 Å². The molecule has 0 saturated heterocycles. The summed E-state index contributed by atoms with van der Waals surface area (Å²) in [6, 6.07) is -0.0926. The van der Waals surface area contributed by atoms with Crippen LogP contribution in [0.3, 0.4) is 0 Å². The zero-order valence-electron chi connectivity index (χ0n) is 7.16. The predicted molar refractivity (Wildman–Crippen MR) is 43.5 cm³/mol. The number of aromatic nitrogens is 2. The van der Waals surface area contributed by atoms with Crippen LogP contribution in [-0.2, 0) is 0 Å². The second-order valence-corrected chi connectivity index (χ2v) is 3.28. The lowest BCUT2D eigenvalue weighted by Gasteiger charge is -1.98. The third-order valence-corrected chi connectivity index (χ3v) is 2.16. The Kier molecular flexibility index (Phi) is 1.84. The predicted octanol–water partition coefficient (Wildman–Crippen LogP) is 1.36. The molecule has 2 N–H and O–H groups in total. The second-order valence-electron chi connectivity index (χ2n) is 3.28. The van der Waals surface area contributed by atoms with Gasteiger partial charge in [0.25, 0.3) is 0 Å². The SMILES string of the molecule is CC[C@H](N)c1nc(C2CC2)no1. The largest absolute Gasteiger partial charge is 0.338 e. The lowest BCUT2D eigenvalue weighted by Crippen LogP contribution is -2.08. The molecule has 0 spiro atoms. The van der Waals surface area contributed by atoms with Crippen molar-refractivity contribution in [3.05, 3.63) is 11.7 Å². The van der Waals surface area contributed by atoms with Gasteiger partial charge in [0.05, 0.1) is 6.04 Å². The first-order valence-electron chi connectivity index (χ1n) is 4.40. The normalized spacial score (nSPS) is 19.5. The van der Waals surface area contributed by atoms with Gasteiger partial charge in [0.1, 0.15) is 0 Å². The summed E-state index contributed by atoms with van der Waals surface area (Å²) < 4.78 is 5.03. The van der Waals surface area contributed by atoms with Crippen LogP contribution in [0.1, 0.15) is 49.9 Å². The standard InChI is InChI=1S/C8H13N3O/c1-2-6(9)8-10-7(11-12-8)5-3-4-5/h5-6H,2-4,9H2,1H3/t6-/m0/s1. The highest BCUT2D eigenvalue weighted by Crippen LogP contribution is 2.38. The van der Waals surface area contributed by atoms with Gasteiger partial charge in [-0.25, -0.2) is 0 Å². The Morgan fingerprint density at radius 3 is 3.00 bits per heavy atom. The molecule has 4 heteroatoms. The molecular formula is C8H13N3O. The smallest absolute Gasteiger partial charge is 0.243 e. The molecule has 0 unspecified atom stereocenters.